The maximum atomic E-state index is 12.2. The van der Waals surface area contributed by atoms with Gasteiger partial charge < -0.3 is 10.1 Å². The quantitative estimate of drug-likeness (QED) is 0.721. The lowest BCUT2D eigenvalue weighted by molar-refractivity contribution is -0.116. The fourth-order valence-corrected chi connectivity index (χ4v) is 2.91. The van der Waals surface area contributed by atoms with Crippen molar-refractivity contribution < 1.29 is 19.1 Å². The molecule has 3 rings (SSSR count). The Morgan fingerprint density at radius 3 is 2.50 bits per heavy atom. The Morgan fingerprint density at radius 2 is 1.81 bits per heavy atom. The highest BCUT2D eigenvalue weighted by Crippen LogP contribution is 2.28. The summed E-state index contributed by atoms with van der Waals surface area (Å²) in [7, 11) is 0. The van der Waals surface area contributed by atoms with E-state index in [1.807, 2.05) is 0 Å². The second kappa shape index (κ2) is 8.14. The first-order valence-corrected chi connectivity index (χ1v) is 8.96. The molecule has 134 valence electrons. The number of amides is 2. The summed E-state index contributed by atoms with van der Waals surface area (Å²) in [6, 6.07) is 14.0. The highest BCUT2D eigenvalue weighted by molar-refractivity contribution is 9.10. The third kappa shape index (κ3) is 4.29. The molecule has 0 aromatic heterocycles. The van der Waals surface area contributed by atoms with Crippen LogP contribution in [0.15, 0.2) is 53.0 Å². The van der Waals surface area contributed by atoms with Gasteiger partial charge in [0.1, 0.15) is 6.61 Å². The molecule has 1 fully saturated rings. The second-order valence-electron chi connectivity index (χ2n) is 5.76. The van der Waals surface area contributed by atoms with Crippen molar-refractivity contribution in [3.8, 4) is 0 Å². The Kier molecular flexibility index (Phi) is 5.68. The number of ketones is 1. The van der Waals surface area contributed by atoms with Gasteiger partial charge in [0.15, 0.2) is 5.78 Å². The first kappa shape index (κ1) is 18.1. The molecule has 2 amide bonds. The highest BCUT2D eigenvalue weighted by Gasteiger charge is 2.25. The van der Waals surface area contributed by atoms with Crippen molar-refractivity contribution in [3.63, 3.8) is 0 Å². The van der Waals surface area contributed by atoms with Crippen molar-refractivity contribution in [1.29, 1.82) is 0 Å². The van der Waals surface area contributed by atoms with Crippen LogP contribution in [0.2, 0.25) is 0 Å². The third-order valence-electron chi connectivity index (χ3n) is 3.98. The van der Waals surface area contributed by atoms with Crippen LogP contribution >= 0.6 is 15.9 Å². The molecule has 0 saturated carbocycles. The summed E-state index contributed by atoms with van der Waals surface area (Å²) < 4.78 is 5.83. The molecule has 1 aliphatic rings. The lowest BCUT2D eigenvalue weighted by atomic mass is 10.1. The van der Waals surface area contributed by atoms with Crippen molar-refractivity contribution >= 4 is 45.1 Å². The summed E-state index contributed by atoms with van der Waals surface area (Å²) in [5.41, 5.74) is 1.68. The van der Waals surface area contributed by atoms with Crippen LogP contribution in [-0.2, 0) is 9.53 Å². The predicted molar refractivity (Wildman–Crippen MR) is 101 cm³/mol. The van der Waals surface area contributed by atoms with Gasteiger partial charge >= 0.3 is 6.09 Å². The highest BCUT2D eigenvalue weighted by atomic mass is 79.9. The van der Waals surface area contributed by atoms with Crippen LogP contribution in [0.5, 0.6) is 0 Å². The summed E-state index contributed by atoms with van der Waals surface area (Å²) in [4.78, 5) is 37.6. The minimum absolute atomic E-state index is 0.0632. The standard InChI is InChI=1S/C19H17BrN2O4/c20-14-7-5-13(6-8-14)17(23)9-10-18(24)21-15-3-1-2-4-16(15)22-11-12-26-19(22)25/h1-8H,9-12H2,(H,21,24). The van der Waals surface area contributed by atoms with Gasteiger partial charge in [-0.05, 0) is 24.3 Å². The van der Waals surface area contributed by atoms with E-state index in [0.717, 1.165) is 4.47 Å². The molecule has 1 heterocycles. The number of benzene rings is 2. The average molecular weight is 417 g/mol. The summed E-state index contributed by atoms with van der Waals surface area (Å²) in [5.74, 6) is -0.375. The van der Waals surface area contributed by atoms with Gasteiger partial charge in [-0.1, -0.05) is 40.2 Å². The summed E-state index contributed by atoms with van der Waals surface area (Å²) >= 11 is 3.32. The van der Waals surface area contributed by atoms with Gasteiger partial charge in [-0.3, -0.25) is 14.5 Å². The molecule has 2 aromatic carbocycles. The number of nitrogens with zero attached hydrogens (tertiary/aromatic N) is 1. The van der Waals surface area contributed by atoms with Crippen LogP contribution in [-0.4, -0.2) is 30.9 Å². The zero-order valence-corrected chi connectivity index (χ0v) is 15.5. The molecule has 0 radical (unpaired) electrons. The number of halogens is 1. The monoisotopic (exact) mass is 416 g/mol. The molecule has 0 bridgehead atoms. The van der Waals surface area contributed by atoms with Crippen LogP contribution in [0.1, 0.15) is 23.2 Å². The Morgan fingerprint density at radius 1 is 1.08 bits per heavy atom. The van der Waals surface area contributed by atoms with Gasteiger partial charge in [-0.25, -0.2) is 4.79 Å². The molecule has 1 N–H and O–H groups in total. The van der Waals surface area contributed by atoms with E-state index in [2.05, 4.69) is 21.2 Å². The minimum Gasteiger partial charge on any atom is -0.447 e. The summed E-state index contributed by atoms with van der Waals surface area (Å²) in [5, 5.41) is 2.78. The second-order valence-corrected chi connectivity index (χ2v) is 6.68. The smallest absolute Gasteiger partial charge is 0.414 e. The number of carbonyl (C=O) groups excluding carboxylic acids is 3. The molecule has 0 atom stereocenters. The van der Waals surface area contributed by atoms with Crippen LogP contribution in [0, 0.1) is 0 Å². The number of Topliss-reactive ketones (excluding diaryl/α,β-unsaturated/α-hetero) is 1. The van der Waals surface area contributed by atoms with Crippen molar-refractivity contribution in [3.05, 3.63) is 58.6 Å². The Labute approximate surface area is 159 Å². The first-order chi connectivity index (χ1) is 12.5. The number of rotatable bonds is 6. The number of para-hydroxylation sites is 2. The van der Waals surface area contributed by atoms with E-state index in [0.29, 0.717) is 30.1 Å². The fourth-order valence-electron chi connectivity index (χ4n) is 2.65. The van der Waals surface area contributed by atoms with Gasteiger partial charge in [-0.15, -0.1) is 0 Å². The number of hydrogen-bond donors (Lipinski definition) is 1. The minimum atomic E-state index is -0.433. The maximum Gasteiger partial charge on any atom is 0.414 e. The molecule has 0 aliphatic carbocycles. The molecule has 0 unspecified atom stereocenters. The Bertz CT molecular complexity index is 836. The molecule has 7 heteroatoms. The summed E-state index contributed by atoms with van der Waals surface area (Å²) in [6.07, 6.45) is -0.258. The van der Waals surface area contributed by atoms with Gasteiger partial charge in [0.05, 0.1) is 17.9 Å². The van der Waals surface area contributed by atoms with E-state index < -0.39 is 6.09 Å². The molecule has 26 heavy (non-hydrogen) atoms. The van der Waals surface area contributed by atoms with Gasteiger partial charge in [0, 0.05) is 22.9 Å². The molecular weight excluding hydrogens is 400 g/mol. The molecule has 2 aromatic rings. The van der Waals surface area contributed by atoms with E-state index in [-0.39, 0.29) is 24.5 Å². The Balaban J connectivity index is 1.61. The van der Waals surface area contributed by atoms with Gasteiger partial charge in [-0.2, -0.15) is 0 Å². The van der Waals surface area contributed by atoms with E-state index in [1.165, 1.54) is 4.90 Å². The number of nitrogens with one attached hydrogen (secondary N) is 1. The zero-order valence-electron chi connectivity index (χ0n) is 13.9. The third-order valence-corrected chi connectivity index (χ3v) is 4.50. The molecule has 1 saturated heterocycles. The number of cyclic esters (lactones) is 1. The topological polar surface area (TPSA) is 75.7 Å². The van der Waals surface area contributed by atoms with E-state index >= 15 is 0 Å². The Hall–Kier alpha value is -2.67. The van der Waals surface area contributed by atoms with Gasteiger partial charge in [0.2, 0.25) is 5.91 Å². The number of ether oxygens (including phenoxy) is 1. The number of hydrogen-bond acceptors (Lipinski definition) is 4. The SMILES string of the molecule is O=C(CCC(=O)c1ccc(Br)cc1)Nc1ccccc1N1CCOC1=O. The lowest BCUT2D eigenvalue weighted by Crippen LogP contribution is -2.25. The molecule has 6 nitrogen and oxygen atoms in total. The summed E-state index contributed by atoms with van der Waals surface area (Å²) in [6.45, 7) is 0.760. The van der Waals surface area contributed by atoms with Crippen LogP contribution in [0.25, 0.3) is 0 Å². The average Bonchev–Trinajstić information content (AvgIpc) is 3.06. The predicted octanol–water partition coefficient (Wildman–Crippen LogP) is 4.01. The van der Waals surface area contributed by atoms with Crippen molar-refractivity contribution in [2.24, 2.45) is 0 Å². The van der Waals surface area contributed by atoms with Crippen LogP contribution in [0.3, 0.4) is 0 Å². The lowest BCUT2D eigenvalue weighted by Gasteiger charge is -2.17. The zero-order chi connectivity index (χ0) is 18.5. The van der Waals surface area contributed by atoms with E-state index in [9.17, 15) is 14.4 Å². The van der Waals surface area contributed by atoms with E-state index in [4.69, 9.17) is 4.74 Å². The molecule has 0 spiro atoms. The van der Waals surface area contributed by atoms with Crippen LogP contribution in [0.4, 0.5) is 16.2 Å². The van der Waals surface area contributed by atoms with Crippen LogP contribution < -0.4 is 10.2 Å². The largest absolute Gasteiger partial charge is 0.447 e. The molecular formula is C19H17BrN2O4. The van der Waals surface area contributed by atoms with Crippen molar-refractivity contribution in [2.75, 3.05) is 23.4 Å². The maximum absolute atomic E-state index is 12.2. The van der Waals surface area contributed by atoms with Crippen molar-refractivity contribution in [2.45, 2.75) is 12.8 Å². The number of carbonyl (C=O) groups is 3. The normalized spacial score (nSPS) is 13.4. The first-order valence-electron chi connectivity index (χ1n) is 8.16. The van der Waals surface area contributed by atoms with Crippen molar-refractivity contribution in [1.82, 2.24) is 0 Å². The molecule has 1 aliphatic heterocycles. The van der Waals surface area contributed by atoms with Gasteiger partial charge in [0.25, 0.3) is 0 Å². The number of anilines is 2. The van der Waals surface area contributed by atoms with E-state index in [1.54, 1.807) is 48.5 Å². The fraction of sp³-hybridized carbons (Fsp3) is 0.211.